The van der Waals surface area contributed by atoms with Crippen molar-refractivity contribution in [1.82, 2.24) is 5.32 Å². The molecular weight excluding hydrogens is 510 g/mol. The standard InChI is InChI=1S/C28H31NO8S/c1-14-15(2)25-23(16(3)24(14)36-18(5)31)21(35-17(4)30)12-28(6,37-25)13-34-20-9-7-19(8-10-20)11-22-26(32)29-27(33)38-22/h7-10,21-22H,11-13H2,1-6H3,(H,29,32,33). The Bertz CT molecular complexity index is 1310. The van der Waals surface area contributed by atoms with Crippen LogP contribution >= 0.6 is 11.8 Å². The summed E-state index contributed by atoms with van der Waals surface area (Å²) in [5, 5.41) is 1.54. The Morgan fingerprint density at radius 1 is 1.05 bits per heavy atom. The van der Waals surface area contributed by atoms with Crippen molar-refractivity contribution in [3.8, 4) is 17.2 Å². The second kappa shape index (κ2) is 10.7. The summed E-state index contributed by atoms with van der Waals surface area (Å²) in [6.07, 6.45) is 0.165. The normalized spacial score (nSPS) is 22.3. The number of thioether (sulfide) groups is 1. The van der Waals surface area contributed by atoms with Crippen molar-refractivity contribution >= 4 is 34.8 Å². The summed E-state index contributed by atoms with van der Waals surface area (Å²) in [6.45, 7) is 10.4. The summed E-state index contributed by atoms with van der Waals surface area (Å²) in [5.41, 5.74) is 3.04. The van der Waals surface area contributed by atoms with E-state index in [1.807, 2.05) is 52.0 Å². The van der Waals surface area contributed by atoms with Crippen LogP contribution in [0.4, 0.5) is 4.79 Å². The van der Waals surface area contributed by atoms with Crippen LogP contribution in [-0.2, 0) is 25.5 Å². The summed E-state index contributed by atoms with van der Waals surface area (Å²) < 4.78 is 23.8. The van der Waals surface area contributed by atoms with Gasteiger partial charge in [0, 0.05) is 31.4 Å². The molecule has 0 bridgehead atoms. The number of carbonyl (C=O) groups is 4. The Morgan fingerprint density at radius 3 is 2.32 bits per heavy atom. The van der Waals surface area contributed by atoms with Gasteiger partial charge in [-0.25, -0.2) is 0 Å². The molecule has 0 aromatic heterocycles. The van der Waals surface area contributed by atoms with Crippen LogP contribution in [0.2, 0.25) is 0 Å². The first-order chi connectivity index (χ1) is 17.9. The summed E-state index contributed by atoms with van der Waals surface area (Å²) in [6, 6.07) is 7.34. The minimum absolute atomic E-state index is 0.183. The fourth-order valence-corrected chi connectivity index (χ4v) is 5.66. The Balaban J connectivity index is 1.54. The number of benzene rings is 2. The van der Waals surface area contributed by atoms with Crippen molar-refractivity contribution in [3.63, 3.8) is 0 Å². The van der Waals surface area contributed by atoms with Gasteiger partial charge in [0.1, 0.15) is 35.6 Å². The average molecular weight is 542 g/mol. The predicted molar refractivity (Wildman–Crippen MR) is 141 cm³/mol. The lowest BCUT2D eigenvalue weighted by Gasteiger charge is -2.41. The van der Waals surface area contributed by atoms with E-state index in [-0.39, 0.29) is 17.8 Å². The van der Waals surface area contributed by atoms with Crippen molar-refractivity contribution in [1.29, 1.82) is 0 Å². The molecule has 202 valence electrons. The first-order valence-electron chi connectivity index (χ1n) is 12.3. The van der Waals surface area contributed by atoms with Gasteiger partial charge in [-0.3, -0.25) is 24.5 Å². The molecule has 0 radical (unpaired) electrons. The summed E-state index contributed by atoms with van der Waals surface area (Å²) in [5.74, 6) is 0.529. The zero-order valence-electron chi connectivity index (χ0n) is 22.3. The number of rotatable bonds is 7. The third kappa shape index (κ3) is 5.80. The first kappa shape index (κ1) is 27.5. The Morgan fingerprint density at radius 2 is 1.74 bits per heavy atom. The summed E-state index contributed by atoms with van der Waals surface area (Å²) >= 11 is 0.999. The lowest BCUT2D eigenvalue weighted by Crippen LogP contribution is -2.44. The van der Waals surface area contributed by atoms with Crippen LogP contribution in [0.1, 0.15) is 61.1 Å². The molecule has 0 aliphatic carbocycles. The fraction of sp³-hybridized carbons (Fsp3) is 0.429. The molecule has 2 aromatic carbocycles. The summed E-state index contributed by atoms with van der Waals surface area (Å²) in [7, 11) is 0. The van der Waals surface area contributed by atoms with Crippen LogP contribution in [0.25, 0.3) is 0 Å². The average Bonchev–Trinajstić information content (AvgIpc) is 3.15. The molecule has 2 heterocycles. The van der Waals surface area contributed by atoms with Crippen LogP contribution in [0, 0.1) is 20.8 Å². The van der Waals surface area contributed by atoms with Gasteiger partial charge in [0.2, 0.25) is 5.91 Å². The molecular formula is C28H31NO8S. The van der Waals surface area contributed by atoms with Gasteiger partial charge in [0.05, 0.1) is 5.25 Å². The number of carbonyl (C=O) groups excluding carboxylic acids is 4. The van der Waals surface area contributed by atoms with Crippen molar-refractivity contribution in [2.24, 2.45) is 0 Å². The highest BCUT2D eigenvalue weighted by Crippen LogP contribution is 2.49. The Labute approximate surface area is 225 Å². The number of esters is 2. The highest BCUT2D eigenvalue weighted by atomic mass is 32.2. The topological polar surface area (TPSA) is 117 Å². The van der Waals surface area contributed by atoms with E-state index in [1.54, 1.807) is 0 Å². The van der Waals surface area contributed by atoms with Crippen molar-refractivity contribution in [3.05, 3.63) is 52.1 Å². The highest BCUT2D eigenvalue weighted by molar-refractivity contribution is 8.15. The molecule has 0 spiro atoms. The molecule has 10 heteroatoms. The van der Waals surface area contributed by atoms with Crippen molar-refractivity contribution in [2.75, 3.05) is 6.61 Å². The summed E-state index contributed by atoms with van der Waals surface area (Å²) in [4.78, 5) is 47.0. The number of fused-ring (bicyclic) bond motifs is 1. The van der Waals surface area contributed by atoms with Crippen LogP contribution in [0.15, 0.2) is 24.3 Å². The maximum absolute atomic E-state index is 12.0. The molecule has 2 aliphatic heterocycles. The smallest absolute Gasteiger partial charge is 0.308 e. The van der Waals surface area contributed by atoms with Gasteiger partial charge in [-0.05, 0) is 62.9 Å². The second-order valence-corrected chi connectivity index (χ2v) is 11.1. The molecule has 3 unspecified atom stereocenters. The molecule has 2 aliphatic rings. The number of ether oxygens (including phenoxy) is 4. The van der Waals surface area contributed by atoms with Gasteiger partial charge in [0.25, 0.3) is 5.24 Å². The number of hydrogen-bond acceptors (Lipinski definition) is 9. The van der Waals surface area contributed by atoms with Gasteiger partial charge in [-0.15, -0.1) is 0 Å². The number of imide groups is 1. The Hall–Kier alpha value is -3.53. The molecule has 4 rings (SSSR count). The van der Waals surface area contributed by atoms with E-state index >= 15 is 0 Å². The molecule has 1 fully saturated rings. The molecule has 3 atom stereocenters. The van der Waals surface area contributed by atoms with Gasteiger partial charge < -0.3 is 18.9 Å². The molecule has 9 nitrogen and oxygen atoms in total. The van der Waals surface area contributed by atoms with Gasteiger partial charge in [-0.1, -0.05) is 23.9 Å². The fourth-order valence-electron chi connectivity index (χ4n) is 4.80. The van der Waals surface area contributed by atoms with Crippen LogP contribution in [-0.4, -0.2) is 40.5 Å². The first-order valence-corrected chi connectivity index (χ1v) is 13.2. The van der Waals surface area contributed by atoms with E-state index in [0.29, 0.717) is 41.2 Å². The lowest BCUT2D eigenvalue weighted by atomic mass is 9.85. The number of nitrogens with one attached hydrogen (secondary N) is 1. The zero-order valence-corrected chi connectivity index (χ0v) is 23.1. The van der Waals surface area contributed by atoms with E-state index in [9.17, 15) is 19.2 Å². The van der Waals surface area contributed by atoms with Gasteiger partial charge in [0.15, 0.2) is 0 Å². The maximum atomic E-state index is 12.0. The Kier molecular flexibility index (Phi) is 7.73. The van der Waals surface area contributed by atoms with E-state index in [1.165, 1.54) is 13.8 Å². The van der Waals surface area contributed by atoms with Crippen LogP contribution < -0.4 is 19.5 Å². The SMILES string of the molecule is CC(=O)Oc1c(C)c(C)c2c(c1C)C(OC(C)=O)CC(C)(COc1ccc(CC3SC(=O)NC3=O)cc1)O2. The molecule has 2 amide bonds. The van der Waals surface area contributed by atoms with E-state index in [0.717, 1.165) is 28.5 Å². The monoisotopic (exact) mass is 541 g/mol. The zero-order chi connectivity index (χ0) is 27.8. The third-order valence-electron chi connectivity index (χ3n) is 6.73. The van der Waals surface area contributed by atoms with Crippen LogP contribution in [0.5, 0.6) is 17.2 Å². The number of hydrogen-bond donors (Lipinski definition) is 1. The largest absolute Gasteiger partial charge is 0.489 e. The van der Waals surface area contributed by atoms with E-state index < -0.39 is 28.9 Å². The van der Waals surface area contributed by atoms with Gasteiger partial charge in [-0.2, -0.15) is 0 Å². The van der Waals surface area contributed by atoms with Crippen LogP contribution in [0.3, 0.4) is 0 Å². The lowest BCUT2D eigenvalue weighted by molar-refractivity contribution is -0.151. The minimum atomic E-state index is -0.822. The molecule has 1 saturated heterocycles. The van der Waals surface area contributed by atoms with Gasteiger partial charge >= 0.3 is 11.9 Å². The maximum Gasteiger partial charge on any atom is 0.308 e. The van der Waals surface area contributed by atoms with Crippen molar-refractivity contribution < 1.29 is 38.1 Å². The quantitative estimate of drug-likeness (QED) is 0.395. The second-order valence-electron chi connectivity index (χ2n) is 9.91. The molecule has 1 N–H and O–H groups in total. The predicted octanol–water partition coefficient (Wildman–Crippen LogP) is 4.66. The molecule has 0 saturated carbocycles. The number of amides is 2. The van der Waals surface area contributed by atoms with Crippen molar-refractivity contribution in [2.45, 2.75) is 71.3 Å². The molecule has 38 heavy (non-hydrogen) atoms. The highest BCUT2D eigenvalue weighted by Gasteiger charge is 2.43. The molecule has 2 aromatic rings. The third-order valence-corrected chi connectivity index (χ3v) is 7.71. The minimum Gasteiger partial charge on any atom is -0.489 e. The van der Waals surface area contributed by atoms with E-state index in [4.69, 9.17) is 18.9 Å². The van der Waals surface area contributed by atoms with E-state index in [2.05, 4.69) is 5.32 Å².